The number of nitrogens with one attached hydrogen (secondary N) is 1. The van der Waals surface area contributed by atoms with Crippen LogP contribution < -0.4 is 5.32 Å². The van der Waals surface area contributed by atoms with E-state index in [-0.39, 0.29) is 17.3 Å². The van der Waals surface area contributed by atoms with Gasteiger partial charge in [0.15, 0.2) is 6.61 Å². The molecule has 7 nitrogen and oxygen atoms in total. The van der Waals surface area contributed by atoms with Crippen LogP contribution in [-0.2, 0) is 14.3 Å². The lowest BCUT2D eigenvalue weighted by Crippen LogP contribution is -2.23. The van der Waals surface area contributed by atoms with E-state index in [1.165, 1.54) is 25.3 Å². The average Bonchev–Trinajstić information content (AvgIpc) is 3.18. The second-order valence-electron chi connectivity index (χ2n) is 7.56. The van der Waals surface area contributed by atoms with Crippen LogP contribution in [0.2, 0.25) is 0 Å². The van der Waals surface area contributed by atoms with Gasteiger partial charge in [0, 0.05) is 12.5 Å². The number of ether oxygens (including phenoxy) is 1. The van der Waals surface area contributed by atoms with Gasteiger partial charge in [0.25, 0.3) is 11.6 Å². The number of rotatable bonds is 6. The van der Waals surface area contributed by atoms with Crippen LogP contribution >= 0.6 is 0 Å². The molecule has 0 aliphatic heterocycles. The molecule has 1 aromatic carbocycles. The van der Waals surface area contributed by atoms with Gasteiger partial charge in [0.1, 0.15) is 5.69 Å². The van der Waals surface area contributed by atoms with E-state index in [0.717, 1.165) is 23.5 Å². The quantitative estimate of drug-likeness (QED) is 0.475. The molecule has 2 aliphatic rings. The van der Waals surface area contributed by atoms with E-state index >= 15 is 0 Å². The molecule has 1 aromatic rings. The standard InChI is InChI=1S/C19H24N2O5/c1-11-5-16(17(21(24)25)6-12(11)2)20-18(22)10-26-19(23)9-15-8-13-3-4-14(15)7-13/h5-6,13-15H,3-4,7-10H2,1-2H3,(H,20,22)/t13-,14-,15+/m1/s1. The van der Waals surface area contributed by atoms with Gasteiger partial charge >= 0.3 is 5.97 Å². The number of nitro benzene ring substituents is 1. The van der Waals surface area contributed by atoms with Gasteiger partial charge in [-0.3, -0.25) is 19.7 Å². The molecule has 2 aliphatic carbocycles. The molecular formula is C19H24N2O5. The molecule has 1 N–H and O–H groups in total. The number of hydrogen-bond donors (Lipinski definition) is 1. The molecule has 26 heavy (non-hydrogen) atoms. The summed E-state index contributed by atoms with van der Waals surface area (Å²) in [6.07, 6.45) is 5.13. The maximum absolute atomic E-state index is 12.0. The Kier molecular flexibility index (Phi) is 5.25. The maximum atomic E-state index is 12.0. The Hall–Kier alpha value is -2.44. The molecule has 0 saturated heterocycles. The molecule has 0 radical (unpaired) electrons. The Labute approximate surface area is 152 Å². The van der Waals surface area contributed by atoms with Crippen molar-refractivity contribution in [2.24, 2.45) is 17.8 Å². The molecule has 0 aromatic heterocycles. The molecule has 3 rings (SSSR count). The third kappa shape index (κ3) is 4.03. The summed E-state index contributed by atoms with van der Waals surface area (Å²) in [6, 6.07) is 2.98. The van der Waals surface area contributed by atoms with Crippen LogP contribution in [0, 0.1) is 41.7 Å². The summed E-state index contributed by atoms with van der Waals surface area (Å²) in [5.41, 5.74) is 1.55. The highest BCUT2D eigenvalue weighted by Gasteiger charge is 2.40. The number of benzene rings is 1. The topological polar surface area (TPSA) is 98.5 Å². The molecule has 2 fully saturated rings. The molecule has 7 heteroatoms. The molecule has 0 spiro atoms. The summed E-state index contributed by atoms with van der Waals surface area (Å²) in [6.45, 7) is 3.15. The first-order valence-corrected chi connectivity index (χ1v) is 9.04. The van der Waals surface area contributed by atoms with E-state index in [9.17, 15) is 19.7 Å². The average molecular weight is 360 g/mol. The van der Waals surface area contributed by atoms with Crippen LogP contribution in [0.3, 0.4) is 0 Å². The molecule has 1 amide bonds. The molecular weight excluding hydrogens is 336 g/mol. The van der Waals surface area contributed by atoms with Crippen LogP contribution in [0.4, 0.5) is 11.4 Å². The first-order valence-electron chi connectivity index (χ1n) is 9.04. The third-order valence-electron chi connectivity index (χ3n) is 5.76. The summed E-state index contributed by atoms with van der Waals surface area (Å²) in [4.78, 5) is 34.7. The number of hydrogen-bond acceptors (Lipinski definition) is 5. The van der Waals surface area contributed by atoms with E-state index in [4.69, 9.17) is 4.74 Å². The monoisotopic (exact) mass is 360 g/mol. The summed E-state index contributed by atoms with van der Waals surface area (Å²) < 4.78 is 5.08. The van der Waals surface area contributed by atoms with Crippen molar-refractivity contribution in [3.63, 3.8) is 0 Å². The second kappa shape index (κ2) is 7.43. The Balaban J connectivity index is 1.52. The fourth-order valence-corrected chi connectivity index (χ4v) is 4.28. The fourth-order valence-electron chi connectivity index (χ4n) is 4.28. The van der Waals surface area contributed by atoms with Crippen molar-refractivity contribution in [2.45, 2.75) is 46.0 Å². The van der Waals surface area contributed by atoms with Crippen molar-refractivity contribution >= 4 is 23.3 Å². The fraction of sp³-hybridized carbons (Fsp3) is 0.579. The van der Waals surface area contributed by atoms with Crippen molar-refractivity contribution in [3.8, 4) is 0 Å². The highest BCUT2D eigenvalue weighted by atomic mass is 16.6. The lowest BCUT2D eigenvalue weighted by Gasteiger charge is -2.20. The van der Waals surface area contributed by atoms with E-state index in [1.54, 1.807) is 13.0 Å². The minimum absolute atomic E-state index is 0.118. The van der Waals surface area contributed by atoms with Crippen LogP contribution in [0.15, 0.2) is 12.1 Å². The van der Waals surface area contributed by atoms with Gasteiger partial charge in [0.05, 0.1) is 4.92 Å². The van der Waals surface area contributed by atoms with Gasteiger partial charge in [-0.2, -0.15) is 0 Å². The van der Waals surface area contributed by atoms with Gasteiger partial charge in [-0.1, -0.05) is 6.42 Å². The lowest BCUT2D eigenvalue weighted by atomic mass is 9.86. The zero-order valence-corrected chi connectivity index (χ0v) is 15.1. The predicted molar refractivity (Wildman–Crippen MR) is 95.7 cm³/mol. The minimum Gasteiger partial charge on any atom is -0.456 e. The van der Waals surface area contributed by atoms with E-state index in [0.29, 0.717) is 18.3 Å². The maximum Gasteiger partial charge on any atom is 0.306 e. The minimum atomic E-state index is -0.572. The van der Waals surface area contributed by atoms with Crippen molar-refractivity contribution in [1.82, 2.24) is 0 Å². The molecule has 0 heterocycles. The van der Waals surface area contributed by atoms with Crippen LogP contribution in [0.5, 0.6) is 0 Å². The SMILES string of the molecule is Cc1cc(NC(=O)COC(=O)C[C@@H]2C[C@@H]3CC[C@@H]2C3)c([N+](=O)[O-])cc1C. The van der Waals surface area contributed by atoms with Crippen molar-refractivity contribution in [2.75, 3.05) is 11.9 Å². The predicted octanol–water partition coefficient (Wildman–Crippen LogP) is 3.52. The number of amides is 1. The van der Waals surface area contributed by atoms with Gasteiger partial charge in [-0.25, -0.2) is 0 Å². The van der Waals surface area contributed by atoms with Crippen LogP contribution in [0.25, 0.3) is 0 Å². The van der Waals surface area contributed by atoms with Crippen LogP contribution in [0.1, 0.15) is 43.2 Å². The summed E-state index contributed by atoms with van der Waals surface area (Å²) in [5.74, 6) is 0.820. The number of carbonyl (C=O) groups excluding carboxylic acids is 2. The summed E-state index contributed by atoms with van der Waals surface area (Å²) >= 11 is 0. The van der Waals surface area contributed by atoms with Crippen molar-refractivity contribution in [3.05, 3.63) is 33.4 Å². The number of carbonyl (C=O) groups is 2. The molecule has 140 valence electrons. The summed E-state index contributed by atoms with van der Waals surface area (Å²) in [5, 5.41) is 13.6. The summed E-state index contributed by atoms with van der Waals surface area (Å²) in [7, 11) is 0. The number of fused-ring (bicyclic) bond motifs is 2. The van der Waals surface area contributed by atoms with E-state index < -0.39 is 17.4 Å². The van der Waals surface area contributed by atoms with E-state index in [1.807, 2.05) is 6.92 Å². The van der Waals surface area contributed by atoms with Gasteiger partial charge in [-0.05, 0) is 68.1 Å². The first-order chi connectivity index (χ1) is 12.3. The largest absolute Gasteiger partial charge is 0.456 e. The van der Waals surface area contributed by atoms with Crippen LogP contribution in [-0.4, -0.2) is 23.4 Å². The lowest BCUT2D eigenvalue weighted by molar-refractivity contribution is -0.384. The van der Waals surface area contributed by atoms with E-state index in [2.05, 4.69) is 5.32 Å². The molecule has 2 saturated carbocycles. The van der Waals surface area contributed by atoms with Crippen molar-refractivity contribution in [1.29, 1.82) is 0 Å². The molecule has 0 unspecified atom stereocenters. The number of nitro groups is 1. The zero-order valence-electron chi connectivity index (χ0n) is 15.1. The van der Waals surface area contributed by atoms with Gasteiger partial charge in [-0.15, -0.1) is 0 Å². The number of esters is 1. The molecule has 3 atom stereocenters. The highest BCUT2D eigenvalue weighted by molar-refractivity contribution is 5.95. The van der Waals surface area contributed by atoms with Gasteiger partial charge in [0.2, 0.25) is 0 Å². The number of aryl methyl sites for hydroxylation is 2. The van der Waals surface area contributed by atoms with Gasteiger partial charge < -0.3 is 10.1 Å². The first kappa shape index (κ1) is 18.4. The Morgan fingerprint density at radius 2 is 1.96 bits per heavy atom. The zero-order chi connectivity index (χ0) is 18.8. The number of nitrogens with zero attached hydrogens (tertiary/aromatic N) is 1. The smallest absolute Gasteiger partial charge is 0.306 e. The van der Waals surface area contributed by atoms with Crippen molar-refractivity contribution < 1.29 is 19.2 Å². The third-order valence-corrected chi connectivity index (χ3v) is 5.76. The Morgan fingerprint density at radius 1 is 1.23 bits per heavy atom. The molecule has 2 bridgehead atoms. The highest BCUT2D eigenvalue weighted by Crippen LogP contribution is 2.49. The Bertz CT molecular complexity index is 746. The Morgan fingerprint density at radius 3 is 2.58 bits per heavy atom. The second-order valence-corrected chi connectivity index (χ2v) is 7.56. The number of anilines is 1. The normalized spacial score (nSPS) is 23.7.